The van der Waals surface area contributed by atoms with Crippen LogP contribution in [-0.4, -0.2) is 0 Å². The number of nitrogen functional groups attached to an aromatic ring is 1. The zero-order valence-corrected chi connectivity index (χ0v) is 12.0. The van der Waals surface area contributed by atoms with Crippen LogP contribution in [0, 0.1) is 20.8 Å². The normalized spacial score (nSPS) is 10.8. The van der Waals surface area contributed by atoms with Gasteiger partial charge in [0.1, 0.15) is 0 Å². The second-order valence-corrected chi connectivity index (χ2v) is 6.17. The first-order valence-corrected chi connectivity index (χ1v) is 6.73. The van der Waals surface area contributed by atoms with Crippen LogP contribution in [0.1, 0.15) is 16.0 Å². The van der Waals surface area contributed by atoms with Crippen molar-refractivity contribution in [1.29, 1.82) is 0 Å². The van der Waals surface area contributed by atoms with Gasteiger partial charge in [-0.05, 0) is 65.5 Å². The molecular formula is C13H14BrNS. The van der Waals surface area contributed by atoms with E-state index in [9.17, 15) is 0 Å². The van der Waals surface area contributed by atoms with Gasteiger partial charge >= 0.3 is 0 Å². The Kier molecular flexibility index (Phi) is 3.08. The second-order valence-electron chi connectivity index (χ2n) is 4.06. The molecule has 0 saturated heterocycles. The molecule has 0 bridgehead atoms. The molecule has 0 radical (unpaired) electrons. The summed E-state index contributed by atoms with van der Waals surface area (Å²) < 4.78 is 1.15. The third kappa shape index (κ3) is 2.02. The predicted molar refractivity (Wildman–Crippen MR) is 76.1 cm³/mol. The average Bonchev–Trinajstić information content (AvgIpc) is 2.51. The van der Waals surface area contributed by atoms with E-state index in [-0.39, 0.29) is 0 Å². The van der Waals surface area contributed by atoms with Crippen molar-refractivity contribution in [2.24, 2.45) is 0 Å². The molecule has 16 heavy (non-hydrogen) atoms. The maximum Gasteiger partial charge on any atom is 0.0491 e. The molecule has 0 atom stereocenters. The van der Waals surface area contributed by atoms with Crippen molar-refractivity contribution in [2.75, 3.05) is 5.73 Å². The number of hydrogen-bond acceptors (Lipinski definition) is 2. The number of rotatable bonds is 1. The summed E-state index contributed by atoms with van der Waals surface area (Å²) >= 11 is 5.39. The van der Waals surface area contributed by atoms with Crippen LogP contribution in [0.3, 0.4) is 0 Å². The van der Waals surface area contributed by atoms with Gasteiger partial charge in [-0.2, -0.15) is 0 Å². The summed E-state index contributed by atoms with van der Waals surface area (Å²) in [5, 5.41) is 0. The Bertz CT molecular complexity index is 543. The molecule has 0 aliphatic rings. The largest absolute Gasteiger partial charge is 0.398 e. The highest BCUT2D eigenvalue weighted by molar-refractivity contribution is 9.10. The van der Waals surface area contributed by atoms with Crippen molar-refractivity contribution in [3.8, 4) is 10.4 Å². The van der Waals surface area contributed by atoms with Gasteiger partial charge in [-0.3, -0.25) is 0 Å². The molecule has 2 rings (SSSR count). The molecule has 0 amide bonds. The predicted octanol–water partition coefficient (Wildman–Crippen LogP) is 4.69. The van der Waals surface area contributed by atoms with E-state index >= 15 is 0 Å². The Morgan fingerprint density at radius 3 is 2.31 bits per heavy atom. The van der Waals surface area contributed by atoms with Crippen LogP contribution in [0.2, 0.25) is 0 Å². The topological polar surface area (TPSA) is 26.0 Å². The lowest BCUT2D eigenvalue weighted by Gasteiger charge is -2.08. The second kappa shape index (κ2) is 4.22. The van der Waals surface area contributed by atoms with Gasteiger partial charge in [0.2, 0.25) is 0 Å². The number of halogens is 1. The van der Waals surface area contributed by atoms with E-state index in [0.29, 0.717) is 0 Å². The number of benzene rings is 1. The van der Waals surface area contributed by atoms with Crippen molar-refractivity contribution >= 4 is 33.0 Å². The smallest absolute Gasteiger partial charge is 0.0491 e. The molecule has 0 spiro atoms. The van der Waals surface area contributed by atoms with Crippen molar-refractivity contribution in [3.63, 3.8) is 0 Å². The number of anilines is 1. The summed E-state index contributed by atoms with van der Waals surface area (Å²) in [6.07, 6.45) is 0. The van der Waals surface area contributed by atoms with Crippen LogP contribution in [0.5, 0.6) is 0 Å². The van der Waals surface area contributed by atoms with Crippen LogP contribution in [0.4, 0.5) is 5.69 Å². The molecule has 2 aromatic rings. The third-order valence-corrected chi connectivity index (χ3v) is 4.64. The minimum Gasteiger partial charge on any atom is -0.398 e. The van der Waals surface area contributed by atoms with Gasteiger partial charge in [0.25, 0.3) is 0 Å². The highest BCUT2D eigenvalue weighted by Gasteiger charge is 2.11. The first kappa shape index (κ1) is 11.7. The van der Waals surface area contributed by atoms with Crippen LogP contribution >= 0.6 is 27.3 Å². The number of hydrogen-bond donors (Lipinski definition) is 1. The van der Waals surface area contributed by atoms with Crippen molar-refractivity contribution in [2.45, 2.75) is 20.8 Å². The van der Waals surface area contributed by atoms with E-state index < -0.39 is 0 Å². The third-order valence-electron chi connectivity index (χ3n) is 2.67. The lowest BCUT2D eigenvalue weighted by molar-refractivity contribution is 1.39. The Morgan fingerprint density at radius 1 is 1.06 bits per heavy atom. The molecule has 3 heteroatoms. The summed E-state index contributed by atoms with van der Waals surface area (Å²) in [4.78, 5) is 2.57. The molecule has 0 aliphatic heterocycles. The minimum atomic E-state index is 0.860. The van der Waals surface area contributed by atoms with Gasteiger partial charge in [-0.1, -0.05) is 6.07 Å². The maximum absolute atomic E-state index is 5.97. The summed E-state index contributed by atoms with van der Waals surface area (Å²) in [7, 11) is 0. The van der Waals surface area contributed by atoms with Gasteiger partial charge in [-0.15, -0.1) is 11.3 Å². The van der Waals surface area contributed by atoms with Gasteiger partial charge in [0.15, 0.2) is 0 Å². The molecular weight excluding hydrogens is 282 g/mol. The molecule has 0 saturated carbocycles. The number of thiophene rings is 1. The van der Waals surface area contributed by atoms with Gasteiger partial charge in [-0.25, -0.2) is 0 Å². The zero-order chi connectivity index (χ0) is 11.9. The zero-order valence-electron chi connectivity index (χ0n) is 9.60. The van der Waals surface area contributed by atoms with Crippen LogP contribution < -0.4 is 5.73 Å². The molecule has 0 fully saturated rings. The van der Waals surface area contributed by atoms with E-state index in [4.69, 9.17) is 5.73 Å². The Morgan fingerprint density at radius 2 is 1.75 bits per heavy atom. The molecule has 84 valence electrons. The number of aryl methyl sites for hydroxylation is 3. The molecule has 1 nitrogen and oxygen atoms in total. The number of nitrogens with two attached hydrogens (primary N) is 1. The Hall–Kier alpha value is -0.800. The van der Waals surface area contributed by atoms with E-state index in [0.717, 1.165) is 15.7 Å². The van der Waals surface area contributed by atoms with Crippen LogP contribution in [0.25, 0.3) is 10.4 Å². The molecule has 1 aromatic carbocycles. The fraction of sp³-hybridized carbons (Fsp3) is 0.231. The average molecular weight is 296 g/mol. The summed E-state index contributed by atoms with van der Waals surface area (Å²) in [5.74, 6) is 0. The molecule has 1 aromatic heterocycles. The highest BCUT2D eigenvalue weighted by atomic mass is 79.9. The van der Waals surface area contributed by atoms with Gasteiger partial charge in [0.05, 0.1) is 0 Å². The summed E-state index contributed by atoms with van der Waals surface area (Å²) in [6.45, 7) is 6.29. The van der Waals surface area contributed by atoms with Crippen molar-refractivity contribution in [1.82, 2.24) is 0 Å². The first-order chi connectivity index (χ1) is 7.49. The van der Waals surface area contributed by atoms with E-state index in [2.05, 4.69) is 48.0 Å². The standard InChI is InChI=1S/C13H14BrNS/c1-7-4-8(2)12(15)6-10(7)13-11(14)5-9(3)16-13/h4-6H,15H2,1-3H3. The minimum absolute atomic E-state index is 0.860. The Balaban J connectivity index is 2.64. The van der Waals surface area contributed by atoms with Crippen molar-refractivity contribution in [3.05, 3.63) is 38.7 Å². The summed E-state index contributed by atoms with van der Waals surface area (Å²) in [5.41, 5.74) is 10.5. The fourth-order valence-corrected chi connectivity index (χ4v) is 3.72. The SMILES string of the molecule is Cc1cc(Br)c(-c2cc(N)c(C)cc2C)s1. The van der Waals surface area contributed by atoms with E-state index in [1.54, 1.807) is 11.3 Å². The first-order valence-electron chi connectivity index (χ1n) is 5.12. The van der Waals surface area contributed by atoms with E-state index in [1.165, 1.54) is 20.9 Å². The van der Waals surface area contributed by atoms with Crippen LogP contribution in [0.15, 0.2) is 22.7 Å². The highest BCUT2D eigenvalue weighted by Crippen LogP contribution is 2.39. The van der Waals surface area contributed by atoms with Crippen molar-refractivity contribution < 1.29 is 0 Å². The molecule has 2 N–H and O–H groups in total. The lowest BCUT2D eigenvalue weighted by Crippen LogP contribution is -1.92. The van der Waals surface area contributed by atoms with E-state index in [1.807, 2.05) is 6.92 Å². The monoisotopic (exact) mass is 295 g/mol. The molecule has 0 aliphatic carbocycles. The molecule has 1 heterocycles. The quantitative estimate of drug-likeness (QED) is 0.759. The Labute approximate surface area is 108 Å². The maximum atomic E-state index is 5.97. The molecule has 0 unspecified atom stereocenters. The van der Waals surface area contributed by atoms with Gasteiger partial charge in [0, 0.05) is 19.9 Å². The van der Waals surface area contributed by atoms with Crippen LogP contribution in [-0.2, 0) is 0 Å². The van der Waals surface area contributed by atoms with Gasteiger partial charge < -0.3 is 5.73 Å². The summed E-state index contributed by atoms with van der Waals surface area (Å²) in [6, 6.07) is 6.36. The lowest BCUT2D eigenvalue weighted by atomic mass is 10.0. The fourth-order valence-electron chi connectivity index (χ4n) is 1.78.